The standard InChI is InChI=1S/C21H29N3O5S2/c1-15(2)29-11-6-10-24-20(26)17-7-4-5-8-18(17)22-21(24)30-13-19(25)23(3)16-9-12-31(27,28)14-16/h4-5,7-8,15-16H,6,9-14H2,1-3H3. The maximum atomic E-state index is 13.0. The molecule has 2 heterocycles. The predicted octanol–water partition coefficient (Wildman–Crippen LogP) is 1.95. The zero-order valence-corrected chi connectivity index (χ0v) is 19.7. The zero-order valence-electron chi connectivity index (χ0n) is 18.1. The van der Waals surface area contributed by atoms with Gasteiger partial charge in [-0.3, -0.25) is 14.2 Å². The van der Waals surface area contributed by atoms with Gasteiger partial charge in [-0.25, -0.2) is 13.4 Å². The van der Waals surface area contributed by atoms with Gasteiger partial charge >= 0.3 is 0 Å². The smallest absolute Gasteiger partial charge is 0.262 e. The Hall–Kier alpha value is -1.91. The van der Waals surface area contributed by atoms with Crippen molar-refractivity contribution in [1.29, 1.82) is 0 Å². The molecule has 1 amide bonds. The van der Waals surface area contributed by atoms with E-state index in [9.17, 15) is 18.0 Å². The highest BCUT2D eigenvalue weighted by atomic mass is 32.2. The van der Waals surface area contributed by atoms with E-state index in [-0.39, 0.29) is 40.9 Å². The first-order chi connectivity index (χ1) is 14.7. The summed E-state index contributed by atoms with van der Waals surface area (Å²) in [6.07, 6.45) is 1.23. The molecule has 2 aromatic rings. The van der Waals surface area contributed by atoms with Gasteiger partial charge in [-0.1, -0.05) is 23.9 Å². The van der Waals surface area contributed by atoms with Crippen LogP contribution >= 0.6 is 11.8 Å². The summed E-state index contributed by atoms with van der Waals surface area (Å²) in [6, 6.07) is 6.87. The molecule has 0 bridgehead atoms. The van der Waals surface area contributed by atoms with Crippen LogP contribution in [0.5, 0.6) is 0 Å². The Labute approximate surface area is 186 Å². The first-order valence-corrected chi connectivity index (χ1v) is 13.2. The molecule has 1 atom stereocenters. The van der Waals surface area contributed by atoms with Crippen molar-refractivity contribution < 1.29 is 17.9 Å². The number of nitrogens with zero attached hydrogens (tertiary/aromatic N) is 3. The van der Waals surface area contributed by atoms with Crippen molar-refractivity contribution in [2.45, 2.75) is 50.5 Å². The normalized spacial score (nSPS) is 18.0. The molecule has 10 heteroatoms. The molecule has 1 saturated heterocycles. The third-order valence-corrected chi connectivity index (χ3v) is 7.99. The average Bonchev–Trinajstić information content (AvgIpc) is 3.09. The second kappa shape index (κ2) is 10.1. The van der Waals surface area contributed by atoms with E-state index < -0.39 is 9.84 Å². The zero-order chi connectivity index (χ0) is 22.6. The number of carbonyl (C=O) groups excluding carboxylic acids is 1. The van der Waals surface area contributed by atoms with E-state index in [0.717, 1.165) is 0 Å². The van der Waals surface area contributed by atoms with E-state index in [0.29, 0.717) is 42.1 Å². The lowest BCUT2D eigenvalue weighted by Crippen LogP contribution is -2.39. The van der Waals surface area contributed by atoms with Crippen molar-refractivity contribution in [3.05, 3.63) is 34.6 Å². The minimum atomic E-state index is -3.07. The Morgan fingerprint density at radius 3 is 2.77 bits per heavy atom. The highest BCUT2D eigenvalue weighted by Gasteiger charge is 2.32. The molecular formula is C21H29N3O5S2. The summed E-state index contributed by atoms with van der Waals surface area (Å²) in [5.41, 5.74) is 0.452. The lowest BCUT2D eigenvalue weighted by Gasteiger charge is -2.23. The Morgan fingerprint density at radius 1 is 1.35 bits per heavy atom. The predicted molar refractivity (Wildman–Crippen MR) is 122 cm³/mol. The lowest BCUT2D eigenvalue weighted by atomic mass is 10.2. The van der Waals surface area contributed by atoms with Crippen molar-refractivity contribution in [3.8, 4) is 0 Å². The first kappa shape index (κ1) is 23.7. The van der Waals surface area contributed by atoms with Crippen LogP contribution in [0.3, 0.4) is 0 Å². The number of aromatic nitrogens is 2. The molecule has 31 heavy (non-hydrogen) atoms. The van der Waals surface area contributed by atoms with Crippen LogP contribution in [-0.4, -0.2) is 71.8 Å². The molecule has 0 spiro atoms. The van der Waals surface area contributed by atoms with E-state index >= 15 is 0 Å². The number of para-hydroxylation sites is 1. The van der Waals surface area contributed by atoms with Gasteiger partial charge in [0.1, 0.15) is 0 Å². The van der Waals surface area contributed by atoms with Crippen molar-refractivity contribution >= 4 is 38.4 Å². The third-order valence-electron chi connectivity index (χ3n) is 5.28. The van der Waals surface area contributed by atoms with Gasteiger partial charge in [0.2, 0.25) is 5.91 Å². The molecule has 1 aromatic heterocycles. The van der Waals surface area contributed by atoms with Gasteiger partial charge in [0.15, 0.2) is 15.0 Å². The van der Waals surface area contributed by atoms with Gasteiger partial charge in [0, 0.05) is 26.2 Å². The highest BCUT2D eigenvalue weighted by molar-refractivity contribution is 7.99. The molecule has 0 N–H and O–H groups in total. The van der Waals surface area contributed by atoms with Crippen molar-refractivity contribution in [3.63, 3.8) is 0 Å². The third kappa shape index (κ3) is 6.08. The van der Waals surface area contributed by atoms with Crippen molar-refractivity contribution in [2.75, 3.05) is 30.9 Å². The Balaban J connectivity index is 1.75. The molecule has 1 aliphatic rings. The van der Waals surface area contributed by atoms with Crippen LogP contribution in [0.15, 0.2) is 34.2 Å². The van der Waals surface area contributed by atoms with Gasteiger partial charge in [-0.2, -0.15) is 0 Å². The SMILES string of the molecule is CC(C)OCCCn1c(SCC(=O)N(C)C2CCS(=O)(=O)C2)nc2ccccc2c1=O. The molecule has 170 valence electrons. The van der Waals surface area contributed by atoms with Gasteiger partial charge in [0.05, 0.1) is 34.3 Å². The molecule has 0 saturated carbocycles. The van der Waals surface area contributed by atoms with Crippen LogP contribution in [0.4, 0.5) is 0 Å². The molecule has 1 fully saturated rings. The summed E-state index contributed by atoms with van der Waals surface area (Å²) in [6.45, 7) is 4.89. The number of hydrogen-bond donors (Lipinski definition) is 0. The van der Waals surface area contributed by atoms with Gasteiger partial charge in [-0.15, -0.1) is 0 Å². The lowest BCUT2D eigenvalue weighted by molar-refractivity contribution is -0.128. The van der Waals surface area contributed by atoms with Crippen LogP contribution < -0.4 is 5.56 Å². The molecular weight excluding hydrogens is 438 g/mol. The summed E-state index contributed by atoms with van der Waals surface area (Å²) in [7, 11) is -1.43. The van der Waals surface area contributed by atoms with E-state index in [1.54, 1.807) is 29.8 Å². The molecule has 1 aromatic carbocycles. The Morgan fingerprint density at radius 2 is 2.10 bits per heavy atom. The summed E-state index contributed by atoms with van der Waals surface area (Å²) in [4.78, 5) is 31.9. The summed E-state index contributed by atoms with van der Waals surface area (Å²) >= 11 is 1.21. The number of ether oxygens (including phenoxy) is 1. The van der Waals surface area contributed by atoms with Crippen LogP contribution in [0.1, 0.15) is 26.7 Å². The molecule has 8 nitrogen and oxygen atoms in total. The van der Waals surface area contributed by atoms with E-state index in [1.807, 2.05) is 19.9 Å². The van der Waals surface area contributed by atoms with Crippen molar-refractivity contribution in [2.24, 2.45) is 0 Å². The van der Waals surface area contributed by atoms with Crippen LogP contribution in [0, 0.1) is 0 Å². The van der Waals surface area contributed by atoms with Gasteiger partial charge < -0.3 is 9.64 Å². The number of carbonyl (C=O) groups is 1. The summed E-state index contributed by atoms with van der Waals surface area (Å²) in [5.74, 6) is 0.0333. The monoisotopic (exact) mass is 467 g/mol. The largest absolute Gasteiger partial charge is 0.379 e. The number of thioether (sulfide) groups is 1. The van der Waals surface area contributed by atoms with Crippen molar-refractivity contribution in [1.82, 2.24) is 14.5 Å². The number of sulfone groups is 1. The summed E-state index contributed by atoms with van der Waals surface area (Å²) < 4.78 is 30.6. The fourth-order valence-corrected chi connectivity index (χ4v) is 6.23. The quantitative estimate of drug-likeness (QED) is 0.316. The maximum absolute atomic E-state index is 13.0. The number of rotatable bonds is 9. The fraction of sp³-hybridized carbons (Fsp3) is 0.571. The molecule has 3 rings (SSSR count). The van der Waals surface area contributed by atoms with E-state index in [4.69, 9.17) is 4.74 Å². The van der Waals surface area contributed by atoms with Crippen LogP contribution in [-0.2, 0) is 25.9 Å². The van der Waals surface area contributed by atoms with E-state index in [1.165, 1.54) is 16.7 Å². The minimum Gasteiger partial charge on any atom is -0.379 e. The molecule has 0 aliphatic carbocycles. The number of fused-ring (bicyclic) bond motifs is 1. The van der Waals surface area contributed by atoms with E-state index in [2.05, 4.69) is 4.98 Å². The van der Waals surface area contributed by atoms with Gasteiger partial charge in [0.25, 0.3) is 5.56 Å². The topological polar surface area (TPSA) is 98.6 Å². The highest BCUT2D eigenvalue weighted by Crippen LogP contribution is 2.21. The van der Waals surface area contributed by atoms with Crippen LogP contribution in [0.25, 0.3) is 10.9 Å². The van der Waals surface area contributed by atoms with Crippen LogP contribution in [0.2, 0.25) is 0 Å². The molecule has 1 unspecified atom stereocenters. The fourth-order valence-electron chi connectivity index (χ4n) is 3.51. The second-order valence-corrected chi connectivity index (χ2v) is 11.2. The van der Waals surface area contributed by atoms with Gasteiger partial charge in [-0.05, 0) is 38.8 Å². The first-order valence-electron chi connectivity index (χ1n) is 10.4. The Bertz CT molecular complexity index is 1100. The minimum absolute atomic E-state index is 0.00862. The number of hydrogen-bond acceptors (Lipinski definition) is 7. The number of benzene rings is 1. The molecule has 1 aliphatic heterocycles. The maximum Gasteiger partial charge on any atom is 0.262 e. The summed E-state index contributed by atoms with van der Waals surface area (Å²) in [5, 5.41) is 1.02. The average molecular weight is 468 g/mol. The molecule has 0 radical (unpaired) electrons. The Kier molecular flexibility index (Phi) is 7.77. The number of amides is 1. The second-order valence-electron chi connectivity index (χ2n) is 7.99.